The van der Waals surface area contributed by atoms with Gasteiger partial charge < -0.3 is 5.32 Å². The second kappa shape index (κ2) is 8.11. The highest BCUT2D eigenvalue weighted by Gasteiger charge is 1.99. The van der Waals surface area contributed by atoms with E-state index in [2.05, 4.69) is 55.6 Å². The molecule has 0 unspecified atom stereocenters. The van der Waals surface area contributed by atoms with Crippen LogP contribution in [0.15, 0.2) is 36.4 Å². The second-order valence-corrected chi connectivity index (χ2v) is 6.48. The third-order valence-electron chi connectivity index (χ3n) is 3.56. The number of rotatable bonds is 8. The molecule has 1 heterocycles. The Morgan fingerprint density at radius 2 is 1.65 bits per heavy atom. The van der Waals surface area contributed by atoms with Gasteiger partial charge in [-0.1, -0.05) is 38.8 Å². The van der Waals surface area contributed by atoms with Gasteiger partial charge in [-0.2, -0.15) is 0 Å². The lowest BCUT2D eigenvalue weighted by Gasteiger charge is -2.06. The zero-order valence-electron chi connectivity index (χ0n) is 12.6. The first-order valence-electron chi connectivity index (χ1n) is 7.72. The Bertz CT molecular complexity index is 498. The van der Waals surface area contributed by atoms with Crippen LogP contribution in [0.2, 0.25) is 0 Å². The van der Waals surface area contributed by atoms with Gasteiger partial charge in [0.05, 0.1) is 0 Å². The molecule has 0 saturated carbocycles. The van der Waals surface area contributed by atoms with E-state index in [9.17, 15) is 0 Å². The van der Waals surface area contributed by atoms with Crippen molar-refractivity contribution in [3.8, 4) is 0 Å². The van der Waals surface area contributed by atoms with Crippen LogP contribution in [0.25, 0.3) is 0 Å². The molecule has 0 fully saturated rings. The third-order valence-corrected chi connectivity index (χ3v) is 4.79. The second-order valence-electron chi connectivity index (χ2n) is 5.23. The van der Waals surface area contributed by atoms with Gasteiger partial charge in [0.25, 0.3) is 0 Å². The molecule has 0 aliphatic carbocycles. The molecule has 1 N–H and O–H groups in total. The number of nitrogens with one attached hydrogen (secondary N) is 1. The smallest absolute Gasteiger partial charge is 0.0494 e. The predicted octanol–water partition coefficient (Wildman–Crippen LogP) is 5.66. The maximum Gasteiger partial charge on any atom is 0.0494 e. The van der Waals surface area contributed by atoms with Crippen LogP contribution in [-0.2, 0) is 19.4 Å². The van der Waals surface area contributed by atoms with Gasteiger partial charge in [0.15, 0.2) is 0 Å². The third kappa shape index (κ3) is 4.68. The number of unbranched alkanes of at least 4 members (excludes halogenated alkanes) is 2. The van der Waals surface area contributed by atoms with Crippen molar-refractivity contribution in [1.82, 2.24) is 0 Å². The van der Waals surface area contributed by atoms with Gasteiger partial charge >= 0.3 is 0 Å². The van der Waals surface area contributed by atoms with Crippen LogP contribution < -0.4 is 5.32 Å². The molecule has 0 saturated heterocycles. The number of anilines is 1. The summed E-state index contributed by atoms with van der Waals surface area (Å²) < 4.78 is 0. The molecule has 1 aromatic carbocycles. The van der Waals surface area contributed by atoms with Gasteiger partial charge in [0, 0.05) is 22.0 Å². The van der Waals surface area contributed by atoms with Crippen molar-refractivity contribution in [2.24, 2.45) is 0 Å². The van der Waals surface area contributed by atoms with E-state index in [4.69, 9.17) is 0 Å². The van der Waals surface area contributed by atoms with E-state index < -0.39 is 0 Å². The zero-order chi connectivity index (χ0) is 14.2. The number of hydrogen-bond acceptors (Lipinski definition) is 2. The molecule has 108 valence electrons. The lowest BCUT2D eigenvalue weighted by Crippen LogP contribution is -1.97. The van der Waals surface area contributed by atoms with E-state index in [1.807, 2.05) is 11.3 Å². The molecule has 0 amide bonds. The van der Waals surface area contributed by atoms with Crippen LogP contribution in [0.5, 0.6) is 0 Å². The van der Waals surface area contributed by atoms with Gasteiger partial charge in [-0.25, -0.2) is 0 Å². The predicted molar refractivity (Wildman–Crippen MR) is 90.7 cm³/mol. The maximum absolute atomic E-state index is 3.50. The Morgan fingerprint density at radius 1 is 0.900 bits per heavy atom. The Labute approximate surface area is 127 Å². The Morgan fingerprint density at radius 3 is 2.30 bits per heavy atom. The summed E-state index contributed by atoms with van der Waals surface area (Å²) in [6.07, 6.45) is 6.27. The normalized spacial score (nSPS) is 10.7. The van der Waals surface area contributed by atoms with Crippen LogP contribution in [0.3, 0.4) is 0 Å². The van der Waals surface area contributed by atoms with E-state index in [1.165, 1.54) is 46.7 Å². The van der Waals surface area contributed by atoms with Gasteiger partial charge in [0.1, 0.15) is 0 Å². The molecule has 1 nitrogen and oxygen atoms in total. The molecular formula is C18H25NS. The lowest BCUT2D eigenvalue weighted by atomic mass is 10.1. The molecule has 0 radical (unpaired) electrons. The van der Waals surface area contributed by atoms with Crippen molar-refractivity contribution in [1.29, 1.82) is 0 Å². The first kappa shape index (κ1) is 15.1. The average molecular weight is 287 g/mol. The summed E-state index contributed by atoms with van der Waals surface area (Å²) in [4.78, 5) is 2.88. The minimum Gasteiger partial charge on any atom is -0.380 e. The highest BCUT2D eigenvalue weighted by molar-refractivity contribution is 7.12. The highest BCUT2D eigenvalue weighted by Crippen LogP contribution is 2.19. The standard InChI is InChI=1S/C18H25NS/c1-3-5-6-7-15-8-10-16(11-9-15)19-14-18-13-12-17(4-2)20-18/h8-13,19H,3-7,14H2,1-2H3. The summed E-state index contributed by atoms with van der Waals surface area (Å²) in [5, 5.41) is 3.50. The minimum atomic E-state index is 0.930. The zero-order valence-corrected chi connectivity index (χ0v) is 13.4. The highest BCUT2D eigenvalue weighted by atomic mass is 32.1. The average Bonchev–Trinajstić information content (AvgIpc) is 2.95. The molecular weight excluding hydrogens is 262 g/mol. The summed E-state index contributed by atoms with van der Waals surface area (Å²) >= 11 is 1.91. The summed E-state index contributed by atoms with van der Waals surface area (Å²) in [6, 6.07) is 13.4. The van der Waals surface area contributed by atoms with Crippen LogP contribution in [0.4, 0.5) is 5.69 Å². The van der Waals surface area contributed by atoms with Crippen LogP contribution >= 0.6 is 11.3 Å². The maximum atomic E-state index is 3.50. The molecule has 2 heteroatoms. The summed E-state index contributed by atoms with van der Waals surface area (Å²) in [7, 11) is 0. The van der Waals surface area contributed by atoms with Crippen molar-refractivity contribution in [2.75, 3.05) is 5.32 Å². The van der Waals surface area contributed by atoms with Gasteiger partial charge in [0.2, 0.25) is 0 Å². The number of thiophene rings is 1. The Hall–Kier alpha value is -1.28. The monoisotopic (exact) mass is 287 g/mol. The van der Waals surface area contributed by atoms with Crippen LogP contribution in [0, 0.1) is 0 Å². The van der Waals surface area contributed by atoms with Crippen molar-refractivity contribution >= 4 is 17.0 Å². The first-order valence-corrected chi connectivity index (χ1v) is 8.54. The molecule has 1 aromatic heterocycles. The van der Waals surface area contributed by atoms with Crippen LogP contribution in [-0.4, -0.2) is 0 Å². The SMILES string of the molecule is CCCCCc1ccc(NCc2ccc(CC)s2)cc1. The topological polar surface area (TPSA) is 12.0 Å². The van der Waals surface area contributed by atoms with Crippen molar-refractivity contribution in [3.05, 3.63) is 51.7 Å². The van der Waals surface area contributed by atoms with E-state index in [0.29, 0.717) is 0 Å². The summed E-state index contributed by atoms with van der Waals surface area (Å²) in [5.74, 6) is 0. The summed E-state index contributed by atoms with van der Waals surface area (Å²) in [6.45, 7) is 5.39. The van der Waals surface area contributed by atoms with Gasteiger partial charge in [-0.15, -0.1) is 11.3 Å². The largest absolute Gasteiger partial charge is 0.380 e. The number of benzene rings is 1. The fraction of sp³-hybridized carbons (Fsp3) is 0.444. The molecule has 2 rings (SSSR count). The number of aryl methyl sites for hydroxylation is 2. The molecule has 20 heavy (non-hydrogen) atoms. The quantitative estimate of drug-likeness (QED) is 0.618. The molecule has 0 bridgehead atoms. The van der Waals surface area contributed by atoms with E-state index >= 15 is 0 Å². The van der Waals surface area contributed by atoms with E-state index in [-0.39, 0.29) is 0 Å². The number of hydrogen-bond donors (Lipinski definition) is 1. The van der Waals surface area contributed by atoms with Crippen molar-refractivity contribution < 1.29 is 0 Å². The molecule has 0 aliphatic heterocycles. The Balaban J connectivity index is 1.81. The van der Waals surface area contributed by atoms with E-state index in [0.717, 1.165) is 13.0 Å². The summed E-state index contributed by atoms with van der Waals surface area (Å²) in [5.41, 5.74) is 2.67. The molecule has 0 atom stereocenters. The van der Waals surface area contributed by atoms with Crippen molar-refractivity contribution in [3.63, 3.8) is 0 Å². The van der Waals surface area contributed by atoms with Gasteiger partial charge in [-0.05, 0) is 49.1 Å². The van der Waals surface area contributed by atoms with E-state index in [1.54, 1.807) is 0 Å². The fourth-order valence-electron chi connectivity index (χ4n) is 2.26. The van der Waals surface area contributed by atoms with Gasteiger partial charge in [-0.3, -0.25) is 0 Å². The molecule has 0 spiro atoms. The molecule has 2 aromatic rings. The first-order chi connectivity index (χ1) is 9.81. The fourth-order valence-corrected chi connectivity index (χ4v) is 3.16. The minimum absolute atomic E-state index is 0.930. The molecule has 0 aliphatic rings. The van der Waals surface area contributed by atoms with Crippen LogP contribution in [0.1, 0.15) is 48.4 Å². The lowest BCUT2D eigenvalue weighted by molar-refractivity contribution is 0.717. The van der Waals surface area contributed by atoms with Crippen molar-refractivity contribution in [2.45, 2.75) is 52.5 Å². The Kier molecular flexibility index (Phi) is 6.13.